The number of fused-ring (bicyclic) bond motifs is 1. The normalized spacial score (nSPS) is 12.2. The quantitative estimate of drug-likeness (QED) is 0.424. The molecule has 0 aliphatic rings. The molecule has 0 amide bonds. The van der Waals surface area contributed by atoms with Gasteiger partial charge in [-0.1, -0.05) is 38.1 Å². The van der Waals surface area contributed by atoms with Crippen LogP contribution in [0.1, 0.15) is 25.3 Å². The van der Waals surface area contributed by atoms with Crippen molar-refractivity contribution in [3.05, 3.63) is 60.4 Å². The van der Waals surface area contributed by atoms with Gasteiger partial charge in [-0.05, 0) is 35.7 Å². The van der Waals surface area contributed by atoms with E-state index in [4.69, 9.17) is 4.74 Å². The van der Waals surface area contributed by atoms with E-state index in [9.17, 15) is 5.11 Å². The summed E-state index contributed by atoms with van der Waals surface area (Å²) in [6, 6.07) is 16.3. The van der Waals surface area contributed by atoms with Crippen molar-refractivity contribution in [2.75, 3.05) is 6.61 Å². The lowest BCUT2D eigenvalue weighted by atomic mass is 10.0. The van der Waals surface area contributed by atoms with E-state index in [1.165, 1.54) is 5.56 Å². The molecule has 25 heavy (non-hydrogen) atoms. The van der Waals surface area contributed by atoms with E-state index in [0.29, 0.717) is 12.5 Å². The summed E-state index contributed by atoms with van der Waals surface area (Å²) in [5.74, 6) is 1.30. The van der Waals surface area contributed by atoms with Gasteiger partial charge in [-0.15, -0.1) is 0 Å². The molecule has 0 spiro atoms. The Morgan fingerprint density at radius 1 is 1.08 bits per heavy atom. The number of halogens is 1. The van der Waals surface area contributed by atoms with Crippen LogP contribution >= 0.6 is 0 Å². The predicted octanol–water partition coefficient (Wildman–Crippen LogP) is 0.0331. The number of hydrogen-bond donors (Lipinski definition) is 1. The molecule has 0 aliphatic carbocycles. The van der Waals surface area contributed by atoms with Crippen molar-refractivity contribution in [2.24, 2.45) is 7.05 Å². The molecule has 4 nitrogen and oxygen atoms in total. The van der Waals surface area contributed by atoms with E-state index < -0.39 is 6.10 Å². The fourth-order valence-electron chi connectivity index (χ4n) is 2.91. The summed E-state index contributed by atoms with van der Waals surface area (Å²) in [4.78, 5) is 0. The number of ether oxygens (including phenoxy) is 1. The van der Waals surface area contributed by atoms with Crippen LogP contribution in [0.3, 0.4) is 0 Å². The van der Waals surface area contributed by atoms with E-state index in [1.54, 1.807) is 0 Å². The van der Waals surface area contributed by atoms with Crippen molar-refractivity contribution in [1.29, 1.82) is 0 Å². The van der Waals surface area contributed by atoms with Crippen molar-refractivity contribution in [3.8, 4) is 5.75 Å². The highest BCUT2D eigenvalue weighted by Gasteiger charge is 2.16. The first-order valence-electron chi connectivity index (χ1n) is 8.39. The second kappa shape index (κ2) is 8.67. The van der Waals surface area contributed by atoms with Gasteiger partial charge < -0.3 is 33.8 Å². The van der Waals surface area contributed by atoms with Gasteiger partial charge in [-0.3, -0.25) is 0 Å². The third-order valence-corrected chi connectivity index (χ3v) is 4.28. The Hall–Kier alpha value is -1.60. The number of aliphatic hydroxyl groups is 1. The van der Waals surface area contributed by atoms with E-state index in [2.05, 4.69) is 47.2 Å². The Kier molecular flexibility index (Phi) is 6.84. The van der Waals surface area contributed by atoms with Crippen LogP contribution in [0, 0.1) is 0 Å². The number of nitrogens with zero attached hydrogens (tertiary/aromatic N) is 2. The maximum atomic E-state index is 10.3. The molecule has 0 saturated carbocycles. The Morgan fingerprint density at radius 3 is 2.44 bits per heavy atom. The highest BCUT2D eigenvalue weighted by molar-refractivity contribution is 5.71. The SMILES string of the molecule is CC(C)c1ccc(OCC(O)Cn2c[n+](C)c3ccccc32)cc1.[I-]. The van der Waals surface area contributed by atoms with Crippen molar-refractivity contribution < 1.29 is 38.4 Å². The number of aliphatic hydroxyl groups excluding tert-OH is 1. The van der Waals surface area contributed by atoms with E-state index in [1.807, 2.05) is 37.6 Å². The van der Waals surface area contributed by atoms with Crippen molar-refractivity contribution in [3.63, 3.8) is 0 Å². The number of para-hydroxylation sites is 2. The molecule has 1 unspecified atom stereocenters. The average Bonchev–Trinajstić information content (AvgIpc) is 2.90. The molecule has 0 radical (unpaired) electrons. The minimum Gasteiger partial charge on any atom is -1.00 e. The van der Waals surface area contributed by atoms with Gasteiger partial charge in [0.05, 0.1) is 7.05 Å². The largest absolute Gasteiger partial charge is 1.00 e. The molecule has 1 heterocycles. The van der Waals surface area contributed by atoms with Crippen LogP contribution in [0.25, 0.3) is 11.0 Å². The van der Waals surface area contributed by atoms with Gasteiger partial charge in [0.25, 0.3) is 0 Å². The second-order valence-electron chi connectivity index (χ2n) is 6.56. The highest BCUT2D eigenvalue weighted by atomic mass is 127. The van der Waals surface area contributed by atoms with Crippen molar-refractivity contribution in [2.45, 2.75) is 32.4 Å². The molecule has 134 valence electrons. The predicted molar refractivity (Wildman–Crippen MR) is 95.1 cm³/mol. The lowest BCUT2D eigenvalue weighted by molar-refractivity contribution is -0.645. The van der Waals surface area contributed by atoms with Gasteiger partial charge in [-0.2, -0.15) is 0 Å². The third-order valence-electron chi connectivity index (χ3n) is 4.28. The minimum absolute atomic E-state index is 0. The molecule has 1 aromatic heterocycles. The summed E-state index contributed by atoms with van der Waals surface area (Å²) < 4.78 is 9.85. The molecular formula is C20H25IN2O2. The Morgan fingerprint density at radius 2 is 1.76 bits per heavy atom. The maximum Gasteiger partial charge on any atom is 0.244 e. The molecule has 0 saturated heterocycles. The van der Waals surface area contributed by atoms with E-state index >= 15 is 0 Å². The molecule has 1 N–H and O–H groups in total. The number of rotatable bonds is 6. The molecule has 3 aromatic rings. The number of imidazole rings is 1. The van der Waals surface area contributed by atoms with Crippen LogP contribution < -0.4 is 33.3 Å². The van der Waals surface area contributed by atoms with Crippen LogP contribution in [0.2, 0.25) is 0 Å². The minimum atomic E-state index is -0.564. The first-order chi connectivity index (χ1) is 11.5. The fourth-order valence-corrected chi connectivity index (χ4v) is 2.91. The van der Waals surface area contributed by atoms with E-state index in [0.717, 1.165) is 16.8 Å². The lowest BCUT2D eigenvalue weighted by Gasteiger charge is -2.12. The second-order valence-corrected chi connectivity index (χ2v) is 6.56. The smallest absolute Gasteiger partial charge is 0.244 e. The molecule has 0 fully saturated rings. The standard InChI is InChI=1S/C20H25N2O2.HI/c1-15(2)16-8-10-18(11-9-16)24-13-17(23)12-22-14-21(3)19-6-4-5-7-20(19)22;/h4-11,14-15,17,23H,12-13H2,1-3H3;1H/q+1;/p-1. The number of benzene rings is 2. The summed E-state index contributed by atoms with van der Waals surface area (Å²) in [7, 11) is 2.01. The lowest BCUT2D eigenvalue weighted by Crippen LogP contribution is -3.00. The Balaban J connectivity index is 0.00000225. The first kappa shape index (κ1) is 19.7. The highest BCUT2D eigenvalue weighted by Crippen LogP contribution is 2.19. The Labute approximate surface area is 166 Å². The summed E-state index contributed by atoms with van der Waals surface area (Å²) in [5, 5.41) is 10.3. The molecule has 0 bridgehead atoms. The van der Waals surface area contributed by atoms with Crippen LogP contribution in [-0.4, -0.2) is 22.4 Å². The van der Waals surface area contributed by atoms with Crippen molar-refractivity contribution in [1.82, 2.24) is 4.57 Å². The van der Waals surface area contributed by atoms with E-state index in [-0.39, 0.29) is 30.6 Å². The van der Waals surface area contributed by atoms with Gasteiger partial charge in [0.2, 0.25) is 6.33 Å². The van der Waals surface area contributed by atoms with Gasteiger partial charge in [-0.25, -0.2) is 9.13 Å². The summed E-state index contributed by atoms with van der Waals surface area (Å²) in [6.07, 6.45) is 1.44. The fraction of sp³-hybridized carbons (Fsp3) is 0.350. The monoisotopic (exact) mass is 452 g/mol. The molecule has 0 aliphatic heterocycles. The molecule has 5 heteroatoms. The van der Waals surface area contributed by atoms with Gasteiger partial charge in [0.15, 0.2) is 11.0 Å². The van der Waals surface area contributed by atoms with Crippen molar-refractivity contribution >= 4 is 11.0 Å². The van der Waals surface area contributed by atoms with Gasteiger partial charge in [0, 0.05) is 0 Å². The average molecular weight is 452 g/mol. The summed E-state index contributed by atoms with van der Waals surface area (Å²) >= 11 is 0. The molecule has 3 rings (SSSR count). The summed E-state index contributed by atoms with van der Waals surface area (Å²) in [6.45, 7) is 5.12. The zero-order chi connectivity index (χ0) is 17.1. The van der Waals surface area contributed by atoms with Crippen LogP contribution in [0.5, 0.6) is 5.75 Å². The molecular weight excluding hydrogens is 427 g/mol. The van der Waals surface area contributed by atoms with Crippen LogP contribution in [0.15, 0.2) is 54.9 Å². The first-order valence-corrected chi connectivity index (χ1v) is 8.39. The zero-order valence-corrected chi connectivity index (χ0v) is 17.1. The molecule has 2 aromatic carbocycles. The van der Waals surface area contributed by atoms with Gasteiger partial charge >= 0.3 is 0 Å². The summed E-state index contributed by atoms with van der Waals surface area (Å²) in [5.41, 5.74) is 3.55. The third kappa shape index (κ3) is 4.73. The number of hydrogen-bond acceptors (Lipinski definition) is 2. The van der Waals surface area contributed by atoms with Gasteiger partial charge in [0.1, 0.15) is 25.0 Å². The van der Waals surface area contributed by atoms with Crippen LogP contribution in [0.4, 0.5) is 0 Å². The maximum absolute atomic E-state index is 10.3. The Bertz CT molecular complexity index is 812. The topological polar surface area (TPSA) is 38.3 Å². The number of aryl methyl sites for hydroxylation is 1. The van der Waals surface area contributed by atoms with Crippen LogP contribution in [-0.2, 0) is 13.6 Å². The number of aromatic nitrogens is 2. The molecule has 1 atom stereocenters. The zero-order valence-electron chi connectivity index (χ0n) is 14.9.